The first-order chi connectivity index (χ1) is 13.3. The number of fused-ring (bicyclic) bond motifs is 3. The van der Waals surface area contributed by atoms with E-state index < -0.39 is 5.91 Å². The fourth-order valence-corrected chi connectivity index (χ4v) is 5.24. The fraction of sp³-hybridized carbons (Fsp3) is 0.350. The van der Waals surface area contributed by atoms with E-state index in [-0.39, 0.29) is 16.9 Å². The summed E-state index contributed by atoms with van der Waals surface area (Å²) in [5.74, 6) is -0.361. The first kappa shape index (κ1) is 19.2. The fourth-order valence-electron chi connectivity index (χ4n) is 3.36. The number of hydrogen-bond donors (Lipinski definition) is 1. The van der Waals surface area contributed by atoms with Crippen LogP contribution >= 0.6 is 23.1 Å². The molecule has 0 saturated carbocycles. The van der Waals surface area contributed by atoms with Crippen LogP contribution in [-0.4, -0.2) is 26.8 Å². The Morgan fingerprint density at radius 2 is 2.11 bits per heavy atom. The highest BCUT2D eigenvalue weighted by Gasteiger charge is 2.31. The largest absolute Gasteiger partial charge is 0.370 e. The summed E-state index contributed by atoms with van der Waals surface area (Å²) in [7, 11) is 0. The molecule has 146 valence electrons. The number of ether oxygens (including phenoxy) is 1. The lowest BCUT2D eigenvalue weighted by Gasteiger charge is -2.29. The molecule has 6 nitrogen and oxygen atoms in total. The molecule has 0 bridgehead atoms. The average Bonchev–Trinajstić information content (AvgIpc) is 3.00. The Bertz CT molecular complexity index is 1100. The van der Waals surface area contributed by atoms with E-state index in [9.17, 15) is 9.59 Å². The molecule has 8 heteroatoms. The van der Waals surface area contributed by atoms with Crippen LogP contribution in [0.2, 0.25) is 0 Å². The van der Waals surface area contributed by atoms with Crippen molar-refractivity contribution < 1.29 is 9.53 Å². The topological polar surface area (TPSA) is 87.2 Å². The maximum Gasteiger partial charge on any atom is 0.263 e. The van der Waals surface area contributed by atoms with Crippen LogP contribution in [0, 0.1) is 0 Å². The van der Waals surface area contributed by atoms with Crippen molar-refractivity contribution in [1.82, 2.24) is 9.55 Å². The summed E-state index contributed by atoms with van der Waals surface area (Å²) in [6.07, 6.45) is 0.679. The summed E-state index contributed by atoms with van der Waals surface area (Å²) in [5.41, 5.74) is 6.98. The molecular formula is C20H21N3O3S2. The van der Waals surface area contributed by atoms with Crippen LogP contribution in [0.4, 0.5) is 0 Å². The summed E-state index contributed by atoms with van der Waals surface area (Å²) in [6.45, 7) is 4.96. The van der Waals surface area contributed by atoms with Gasteiger partial charge in [0.1, 0.15) is 4.83 Å². The zero-order valence-corrected chi connectivity index (χ0v) is 17.4. The normalized spacial score (nSPS) is 15.5. The molecule has 1 aliphatic rings. The molecular weight excluding hydrogens is 394 g/mol. The summed E-state index contributed by atoms with van der Waals surface area (Å²) >= 11 is 2.70. The molecule has 3 aromatic rings. The summed E-state index contributed by atoms with van der Waals surface area (Å²) in [5, 5.41) is 1.19. The van der Waals surface area contributed by atoms with Crippen molar-refractivity contribution in [3.8, 4) is 0 Å². The van der Waals surface area contributed by atoms with E-state index in [4.69, 9.17) is 15.5 Å². The lowest BCUT2D eigenvalue weighted by atomic mass is 9.94. The third kappa shape index (κ3) is 3.72. The number of thioether (sulfide) groups is 1. The van der Waals surface area contributed by atoms with Crippen molar-refractivity contribution in [2.24, 2.45) is 5.73 Å². The number of carbonyl (C=O) groups excluding carboxylic acids is 1. The highest BCUT2D eigenvalue weighted by molar-refractivity contribution is 7.99. The Morgan fingerprint density at radius 3 is 2.82 bits per heavy atom. The van der Waals surface area contributed by atoms with Gasteiger partial charge in [-0.3, -0.25) is 14.2 Å². The minimum absolute atomic E-state index is 0.0731. The number of aromatic nitrogens is 2. The molecule has 0 saturated heterocycles. The number of rotatable bonds is 5. The number of hydrogen-bond acceptors (Lipinski definition) is 6. The second kappa shape index (κ2) is 7.35. The van der Waals surface area contributed by atoms with Crippen LogP contribution in [0.5, 0.6) is 0 Å². The number of nitrogens with zero attached hydrogens (tertiary/aromatic N) is 2. The van der Waals surface area contributed by atoms with E-state index in [1.165, 1.54) is 23.1 Å². The van der Waals surface area contributed by atoms with Gasteiger partial charge in [-0.25, -0.2) is 4.98 Å². The van der Waals surface area contributed by atoms with Gasteiger partial charge in [0.05, 0.1) is 29.9 Å². The van der Waals surface area contributed by atoms with Crippen molar-refractivity contribution in [2.75, 3.05) is 5.75 Å². The quantitative estimate of drug-likeness (QED) is 0.511. The second-order valence-electron chi connectivity index (χ2n) is 7.44. The lowest BCUT2D eigenvalue weighted by Crippen LogP contribution is -2.32. The van der Waals surface area contributed by atoms with Gasteiger partial charge in [-0.2, -0.15) is 0 Å². The van der Waals surface area contributed by atoms with Gasteiger partial charge >= 0.3 is 0 Å². The maximum atomic E-state index is 13.5. The minimum Gasteiger partial charge on any atom is -0.370 e. The van der Waals surface area contributed by atoms with Crippen molar-refractivity contribution in [2.45, 2.75) is 44.2 Å². The predicted molar refractivity (Wildman–Crippen MR) is 112 cm³/mol. The van der Waals surface area contributed by atoms with Crippen LogP contribution in [0.15, 0.2) is 40.3 Å². The van der Waals surface area contributed by atoms with Gasteiger partial charge in [-0.05, 0) is 25.0 Å². The van der Waals surface area contributed by atoms with E-state index in [0.717, 1.165) is 16.0 Å². The van der Waals surface area contributed by atoms with Crippen molar-refractivity contribution >= 4 is 39.2 Å². The van der Waals surface area contributed by atoms with Crippen molar-refractivity contribution in [3.63, 3.8) is 0 Å². The zero-order valence-electron chi connectivity index (χ0n) is 15.7. The van der Waals surface area contributed by atoms with Crippen LogP contribution in [-0.2, 0) is 29.1 Å². The van der Waals surface area contributed by atoms with Gasteiger partial charge in [-0.15, -0.1) is 11.3 Å². The number of amides is 1. The molecule has 0 spiro atoms. The molecule has 28 heavy (non-hydrogen) atoms. The molecule has 1 aliphatic heterocycles. The van der Waals surface area contributed by atoms with Crippen molar-refractivity contribution in [1.29, 1.82) is 0 Å². The van der Waals surface area contributed by atoms with E-state index in [1.807, 2.05) is 44.2 Å². The summed E-state index contributed by atoms with van der Waals surface area (Å²) < 4.78 is 7.56. The molecule has 1 aromatic carbocycles. The molecule has 1 amide bonds. The molecule has 0 atom stereocenters. The third-order valence-corrected chi connectivity index (χ3v) is 6.78. The molecule has 0 aliphatic carbocycles. The van der Waals surface area contributed by atoms with Gasteiger partial charge in [0.2, 0.25) is 5.91 Å². The number of primary amides is 1. The Hall–Kier alpha value is -2.16. The molecule has 3 heterocycles. The maximum absolute atomic E-state index is 13.5. The monoisotopic (exact) mass is 415 g/mol. The van der Waals surface area contributed by atoms with Crippen LogP contribution in [0.25, 0.3) is 10.2 Å². The number of benzene rings is 1. The first-order valence-corrected chi connectivity index (χ1v) is 10.8. The highest BCUT2D eigenvalue weighted by atomic mass is 32.2. The van der Waals surface area contributed by atoms with Gasteiger partial charge in [0.25, 0.3) is 5.56 Å². The zero-order chi connectivity index (χ0) is 19.9. The predicted octanol–water partition coefficient (Wildman–Crippen LogP) is 2.94. The number of thiophene rings is 1. The summed E-state index contributed by atoms with van der Waals surface area (Å²) in [6, 6.07) is 9.76. The lowest BCUT2D eigenvalue weighted by molar-refractivity contribution is -0.115. The van der Waals surface area contributed by atoms with E-state index >= 15 is 0 Å². The van der Waals surface area contributed by atoms with Gasteiger partial charge in [0.15, 0.2) is 5.16 Å². The molecule has 4 rings (SSSR count). The molecule has 0 unspecified atom stereocenters. The smallest absolute Gasteiger partial charge is 0.263 e. The molecule has 0 radical (unpaired) electrons. The number of nitrogens with two attached hydrogens (primary N) is 1. The van der Waals surface area contributed by atoms with E-state index in [1.54, 1.807) is 4.57 Å². The Balaban J connectivity index is 1.88. The Labute approximate surface area is 170 Å². The summed E-state index contributed by atoms with van der Waals surface area (Å²) in [4.78, 5) is 31.3. The standard InChI is InChI=1S/C20H21N3O3S2/c1-20(2)8-13-14(10-26-20)28-17-16(13)18(25)23(9-12-6-4-3-5-7-12)19(22-17)27-11-15(21)24/h3-7H,8-11H2,1-2H3,(H2,21,24). The van der Waals surface area contributed by atoms with Gasteiger partial charge in [0, 0.05) is 11.3 Å². The molecule has 0 fully saturated rings. The average molecular weight is 416 g/mol. The van der Waals surface area contributed by atoms with Crippen LogP contribution < -0.4 is 11.3 Å². The van der Waals surface area contributed by atoms with Gasteiger partial charge in [-0.1, -0.05) is 42.1 Å². The second-order valence-corrected chi connectivity index (χ2v) is 9.46. The van der Waals surface area contributed by atoms with Crippen molar-refractivity contribution in [3.05, 3.63) is 56.7 Å². The van der Waals surface area contributed by atoms with E-state index in [0.29, 0.717) is 34.9 Å². The molecule has 2 aromatic heterocycles. The van der Waals surface area contributed by atoms with Gasteiger partial charge < -0.3 is 10.5 Å². The van der Waals surface area contributed by atoms with Crippen LogP contribution in [0.3, 0.4) is 0 Å². The number of carbonyl (C=O) groups is 1. The van der Waals surface area contributed by atoms with Crippen LogP contribution in [0.1, 0.15) is 29.9 Å². The first-order valence-electron chi connectivity index (χ1n) is 8.98. The van der Waals surface area contributed by atoms with E-state index in [2.05, 4.69) is 0 Å². The highest BCUT2D eigenvalue weighted by Crippen LogP contribution is 2.37. The minimum atomic E-state index is -0.439. The third-order valence-electron chi connectivity index (χ3n) is 4.68. The Kier molecular flexibility index (Phi) is 5.03. The Morgan fingerprint density at radius 1 is 1.36 bits per heavy atom. The SMILES string of the molecule is CC1(C)Cc2c(sc3nc(SCC(N)=O)n(Cc4ccccc4)c(=O)c23)CO1. The molecule has 2 N–H and O–H groups in total.